The van der Waals surface area contributed by atoms with Crippen LogP contribution in [0.2, 0.25) is 0 Å². The molecule has 0 radical (unpaired) electrons. The first-order valence-corrected chi connectivity index (χ1v) is 5.55. The third-order valence-electron chi connectivity index (χ3n) is 3.30. The van der Waals surface area contributed by atoms with Gasteiger partial charge in [-0.1, -0.05) is 12.1 Å². The van der Waals surface area contributed by atoms with Gasteiger partial charge in [-0.25, -0.2) is 0 Å². The zero-order chi connectivity index (χ0) is 11.0. The summed E-state index contributed by atoms with van der Waals surface area (Å²) in [6.45, 7) is 1.89. The second kappa shape index (κ2) is 3.86. The molecule has 0 spiro atoms. The Balaban J connectivity index is 2.06. The lowest BCUT2D eigenvalue weighted by molar-refractivity contribution is 0.169. The summed E-state index contributed by atoms with van der Waals surface area (Å²) < 4.78 is 0. The van der Waals surface area contributed by atoms with E-state index in [-0.39, 0.29) is 6.10 Å². The zero-order valence-corrected chi connectivity index (χ0v) is 9.64. The van der Waals surface area contributed by atoms with Crippen molar-refractivity contribution in [2.75, 3.05) is 19.0 Å². The minimum absolute atomic E-state index is 0.163. The third-order valence-corrected chi connectivity index (χ3v) is 3.30. The smallest absolute Gasteiger partial charge is 0.0546 e. The molecule has 15 heavy (non-hydrogen) atoms. The summed E-state index contributed by atoms with van der Waals surface area (Å²) >= 11 is 0. The Kier molecular flexibility index (Phi) is 2.70. The van der Waals surface area contributed by atoms with Gasteiger partial charge in [-0.3, -0.25) is 0 Å². The van der Waals surface area contributed by atoms with Crippen LogP contribution < -0.4 is 4.90 Å². The predicted octanol–water partition coefficient (Wildman–Crippen LogP) is 2.24. The quantitative estimate of drug-likeness (QED) is 0.818. The van der Waals surface area contributed by atoms with E-state index >= 15 is 0 Å². The highest BCUT2D eigenvalue weighted by Gasteiger charge is 2.41. The highest BCUT2D eigenvalue weighted by Crippen LogP contribution is 2.49. The number of nitrogens with zero attached hydrogens (tertiary/aromatic N) is 1. The molecular formula is C13H19NO. The van der Waals surface area contributed by atoms with E-state index in [0.717, 1.165) is 6.42 Å². The second-order valence-electron chi connectivity index (χ2n) is 4.73. The van der Waals surface area contributed by atoms with Gasteiger partial charge in [-0.05, 0) is 42.9 Å². The molecule has 1 N–H and O–H groups in total. The molecule has 1 aliphatic rings. The Morgan fingerprint density at radius 1 is 1.27 bits per heavy atom. The average Bonchev–Trinajstić information content (AvgIpc) is 2.97. The van der Waals surface area contributed by atoms with Gasteiger partial charge in [0.2, 0.25) is 0 Å². The van der Waals surface area contributed by atoms with E-state index in [0.29, 0.717) is 11.8 Å². The average molecular weight is 205 g/mol. The SMILES string of the molecule is C[C@@H](O)[C@H]1C[C@@H]1c1ccc(N(C)C)cc1. The largest absolute Gasteiger partial charge is 0.393 e. The Morgan fingerprint density at radius 3 is 2.27 bits per heavy atom. The molecule has 1 aromatic carbocycles. The van der Waals surface area contributed by atoms with Gasteiger partial charge in [-0.15, -0.1) is 0 Å². The zero-order valence-electron chi connectivity index (χ0n) is 9.64. The van der Waals surface area contributed by atoms with Gasteiger partial charge in [0.25, 0.3) is 0 Å². The molecule has 3 atom stereocenters. The molecule has 1 fully saturated rings. The summed E-state index contributed by atoms with van der Waals surface area (Å²) in [5, 5.41) is 9.46. The maximum atomic E-state index is 9.46. The highest BCUT2D eigenvalue weighted by molar-refractivity contribution is 5.47. The number of aliphatic hydroxyl groups is 1. The van der Waals surface area contributed by atoms with Crippen LogP contribution in [-0.4, -0.2) is 25.3 Å². The number of anilines is 1. The number of rotatable bonds is 3. The van der Waals surface area contributed by atoms with Crippen LogP contribution in [0.15, 0.2) is 24.3 Å². The summed E-state index contributed by atoms with van der Waals surface area (Å²) in [5.74, 6) is 1.07. The molecule has 1 aromatic rings. The fraction of sp³-hybridized carbons (Fsp3) is 0.538. The van der Waals surface area contributed by atoms with Gasteiger partial charge >= 0.3 is 0 Å². The lowest BCUT2D eigenvalue weighted by Crippen LogP contribution is -2.08. The van der Waals surface area contributed by atoms with Crippen LogP contribution in [0.4, 0.5) is 5.69 Å². The van der Waals surface area contributed by atoms with Crippen molar-refractivity contribution in [1.29, 1.82) is 0 Å². The van der Waals surface area contributed by atoms with Crippen molar-refractivity contribution in [2.45, 2.75) is 25.4 Å². The molecule has 82 valence electrons. The molecule has 0 unspecified atom stereocenters. The molecular weight excluding hydrogens is 186 g/mol. The van der Waals surface area contributed by atoms with Gasteiger partial charge in [0.1, 0.15) is 0 Å². The predicted molar refractivity (Wildman–Crippen MR) is 63.3 cm³/mol. The van der Waals surface area contributed by atoms with E-state index in [2.05, 4.69) is 29.2 Å². The molecule has 2 nitrogen and oxygen atoms in total. The van der Waals surface area contributed by atoms with E-state index in [1.807, 2.05) is 21.0 Å². The number of hydrogen-bond donors (Lipinski definition) is 1. The lowest BCUT2D eigenvalue weighted by Gasteiger charge is -2.12. The molecule has 0 bridgehead atoms. The maximum absolute atomic E-state index is 9.46. The van der Waals surface area contributed by atoms with E-state index in [1.54, 1.807) is 0 Å². The van der Waals surface area contributed by atoms with E-state index in [1.165, 1.54) is 11.3 Å². The molecule has 0 heterocycles. The van der Waals surface area contributed by atoms with E-state index < -0.39 is 0 Å². The molecule has 2 rings (SSSR count). The van der Waals surface area contributed by atoms with Crippen LogP contribution in [0.3, 0.4) is 0 Å². The van der Waals surface area contributed by atoms with Gasteiger partial charge in [0.15, 0.2) is 0 Å². The standard InChI is InChI=1S/C13H19NO/c1-9(15)12-8-13(12)10-4-6-11(7-5-10)14(2)3/h4-7,9,12-13,15H,8H2,1-3H3/t9-,12-,13-/m1/s1. The Labute approximate surface area is 91.5 Å². The van der Waals surface area contributed by atoms with Crippen molar-refractivity contribution < 1.29 is 5.11 Å². The van der Waals surface area contributed by atoms with Crippen molar-refractivity contribution in [1.82, 2.24) is 0 Å². The van der Waals surface area contributed by atoms with Crippen LogP contribution in [0.5, 0.6) is 0 Å². The molecule has 1 aliphatic carbocycles. The van der Waals surface area contributed by atoms with Crippen molar-refractivity contribution >= 4 is 5.69 Å². The first-order valence-electron chi connectivity index (χ1n) is 5.55. The highest BCUT2D eigenvalue weighted by atomic mass is 16.3. The Bertz CT molecular complexity index is 329. The third kappa shape index (κ3) is 2.15. The molecule has 2 heteroatoms. The van der Waals surface area contributed by atoms with E-state index in [4.69, 9.17) is 0 Å². The minimum atomic E-state index is -0.163. The summed E-state index contributed by atoms with van der Waals surface area (Å²) in [6.07, 6.45) is 0.974. The lowest BCUT2D eigenvalue weighted by atomic mass is 10.1. The molecule has 0 saturated heterocycles. The topological polar surface area (TPSA) is 23.5 Å². The van der Waals surface area contributed by atoms with E-state index in [9.17, 15) is 5.11 Å². The van der Waals surface area contributed by atoms with Crippen molar-refractivity contribution in [3.63, 3.8) is 0 Å². The number of aliphatic hydroxyl groups excluding tert-OH is 1. The van der Waals surface area contributed by atoms with Crippen LogP contribution in [0.25, 0.3) is 0 Å². The Morgan fingerprint density at radius 2 is 1.87 bits per heavy atom. The van der Waals surface area contributed by atoms with Crippen molar-refractivity contribution in [3.05, 3.63) is 29.8 Å². The summed E-state index contributed by atoms with van der Waals surface area (Å²) in [7, 11) is 4.09. The summed E-state index contributed by atoms with van der Waals surface area (Å²) in [6, 6.07) is 8.66. The van der Waals surface area contributed by atoms with Gasteiger partial charge in [-0.2, -0.15) is 0 Å². The van der Waals surface area contributed by atoms with Crippen LogP contribution in [0.1, 0.15) is 24.8 Å². The molecule has 0 aromatic heterocycles. The van der Waals surface area contributed by atoms with Crippen LogP contribution in [0, 0.1) is 5.92 Å². The normalized spacial score (nSPS) is 26.1. The first-order chi connectivity index (χ1) is 7.09. The fourth-order valence-corrected chi connectivity index (χ4v) is 2.15. The molecule has 0 amide bonds. The monoisotopic (exact) mass is 205 g/mol. The Hall–Kier alpha value is -1.02. The number of benzene rings is 1. The van der Waals surface area contributed by atoms with Gasteiger partial charge in [0, 0.05) is 19.8 Å². The fourth-order valence-electron chi connectivity index (χ4n) is 2.15. The van der Waals surface area contributed by atoms with Gasteiger partial charge < -0.3 is 10.0 Å². The summed E-state index contributed by atoms with van der Waals surface area (Å²) in [4.78, 5) is 2.10. The number of hydrogen-bond acceptors (Lipinski definition) is 2. The van der Waals surface area contributed by atoms with Crippen LogP contribution in [-0.2, 0) is 0 Å². The van der Waals surface area contributed by atoms with Gasteiger partial charge in [0.05, 0.1) is 6.10 Å². The van der Waals surface area contributed by atoms with Crippen LogP contribution >= 0.6 is 0 Å². The van der Waals surface area contributed by atoms with Crippen molar-refractivity contribution in [3.8, 4) is 0 Å². The minimum Gasteiger partial charge on any atom is -0.393 e. The summed E-state index contributed by atoms with van der Waals surface area (Å²) in [5.41, 5.74) is 2.60. The molecule has 0 aliphatic heterocycles. The first kappa shape index (κ1) is 10.5. The second-order valence-corrected chi connectivity index (χ2v) is 4.73. The van der Waals surface area contributed by atoms with Crippen molar-refractivity contribution in [2.24, 2.45) is 5.92 Å². The molecule has 1 saturated carbocycles. The maximum Gasteiger partial charge on any atom is 0.0546 e.